The lowest BCUT2D eigenvalue weighted by Gasteiger charge is -2.49. The quantitative estimate of drug-likeness (QED) is 0.230. The van der Waals surface area contributed by atoms with Gasteiger partial charge in [0.1, 0.15) is 0 Å². The Morgan fingerprint density at radius 2 is 0.720 bits per heavy atom. The first-order valence-corrected chi connectivity index (χ1v) is 21.2. The molecule has 4 aliphatic heterocycles. The first-order valence-electron chi connectivity index (χ1n) is 19.1. The Balaban J connectivity index is 1.27. The summed E-state index contributed by atoms with van der Waals surface area (Å²) >= 11 is 0. The number of amides is 2. The van der Waals surface area contributed by atoms with Gasteiger partial charge in [0.05, 0.1) is 49.4 Å². The van der Waals surface area contributed by atoms with Gasteiger partial charge in [-0.1, -0.05) is 45.9 Å². The van der Waals surface area contributed by atoms with Crippen LogP contribution in [-0.4, -0.2) is 159 Å². The van der Waals surface area contributed by atoms with Crippen molar-refractivity contribution in [3.8, 4) is 0 Å². The van der Waals surface area contributed by atoms with E-state index < -0.39 is 0 Å². The van der Waals surface area contributed by atoms with Gasteiger partial charge in [0.25, 0.3) is 0 Å². The minimum Gasteiger partial charge on any atom is -0.306 e. The molecule has 6 rings (SSSR count). The van der Waals surface area contributed by atoms with E-state index >= 15 is 9.59 Å². The van der Waals surface area contributed by atoms with Crippen LogP contribution >= 0.6 is 21.6 Å². The van der Waals surface area contributed by atoms with E-state index in [0.29, 0.717) is 33.1 Å². The summed E-state index contributed by atoms with van der Waals surface area (Å²) in [4.78, 5) is 41.7. The van der Waals surface area contributed by atoms with E-state index in [4.69, 9.17) is 0 Å². The second kappa shape index (κ2) is 16.5. The number of rotatable bonds is 9. The van der Waals surface area contributed by atoms with Gasteiger partial charge in [0, 0.05) is 114 Å². The van der Waals surface area contributed by atoms with E-state index in [1.807, 2.05) is 12.1 Å². The fourth-order valence-electron chi connectivity index (χ4n) is 9.43. The fourth-order valence-corrected chi connectivity index (χ4v) is 11.8. The normalized spacial score (nSPS) is 22.6. The van der Waals surface area contributed by atoms with Gasteiger partial charge in [0.15, 0.2) is 0 Å². The Bertz CT molecular complexity index is 1300. The van der Waals surface area contributed by atoms with Gasteiger partial charge in [-0.2, -0.15) is 0 Å². The summed E-state index contributed by atoms with van der Waals surface area (Å²) in [6.07, 6.45) is 8.41. The van der Waals surface area contributed by atoms with E-state index in [1.54, 1.807) is 21.6 Å². The molecule has 0 saturated carbocycles. The molecular formula is C40H62N6O2S2+2. The number of piperidine rings is 4. The Hall–Kier alpha value is -1.76. The summed E-state index contributed by atoms with van der Waals surface area (Å²) in [5.74, 6) is 0.520. The lowest BCUT2D eigenvalue weighted by molar-refractivity contribution is -0.883. The molecule has 2 aromatic rings. The average Bonchev–Trinajstić information content (AvgIpc) is 3.14. The van der Waals surface area contributed by atoms with Gasteiger partial charge >= 0.3 is 11.8 Å². The van der Waals surface area contributed by atoms with Crippen LogP contribution in [0.3, 0.4) is 0 Å². The molecule has 0 bridgehead atoms. The molecule has 0 aromatic heterocycles. The Morgan fingerprint density at radius 3 is 0.980 bits per heavy atom. The van der Waals surface area contributed by atoms with Crippen LogP contribution in [0.15, 0.2) is 58.3 Å². The van der Waals surface area contributed by atoms with E-state index in [2.05, 4.69) is 98.3 Å². The molecule has 10 heteroatoms. The van der Waals surface area contributed by atoms with Crippen molar-refractivity contribution >= 4 is 33.4 Å². The third-order valence-corrected chi connectivity index (χ3v) is 15.6. The molecule has 50 heavy (non-hydrogen) atoms. The summed E-state index contributed by atoms with van der Waals surface area (Å²) in [7, 11) is 16.6. The zero-order valence-corrected chi connectivity index (χ0v) is 33.2. The first-order chi connectivity index (χ1) is 24.0. The third kappa shape index (κ3) is 7.93. The van der Waals surface area contributed by atoms with E-state index in [9.17, 15) is 0 Å². The third-order valence-electron chi connectivity index (χ3n) is 13.1. The van der Waals surface area contributed by atoms with Crippen LogP contribution in [0.25, 0.3) is 0 Å². The lowest BCUT2D eigenvalue weighted by Crippen LogP contribution is -2.65. The molecule has 4 fully saturated rings. The number of nitrogens with zero attached hydrogens (tertiary/aromatic N) is 6. The first kappa shape index (κ1) is 38.0. The summed E-state index contributed by atoms with van der Waals surface area (Å²) < 4.78 is 1.00. The van der Waals surface area contributed by atoms with Gasteiger partial charge in [-0.25, -0.2) is 9.59 Å². The van der Waals surface area contributed by atoms with Gasteiger partial charge < -0.3 is 19.6 Å². The summed E-state index contributed by atoms with van der Waals surface area (Å²) in [5, 5.41) is 0. The standard InChI is InChI=1S/C40H62N6O2S2/c1-41-23-15-31(16-24-41)45(5,32-17-25-42(2)26-18-32)39(47)35-11-7-9-13-37(35)49-50-38-14-10-8-12-36(38)40(48)46(6,33-19-27-43(3)28-20-33)34-21-29-44(4)30-22-34/h7-14,31-34H,15-30H2,1-6H3/q+2. The van der Waals surface area contributed by atoms with Crippen molar-refractivity contribution < 1.29 is 18.6 Å². The molecule has 8 nitrogen and oxygen atoms in total. The Labute approximate surface area is 310 Å². The molecule has 0 aliphatic carbocycles. The van der Waals surface area contributed by atoms with E-state index in [1.165, 1.54) is 0 Å². The van der Waals surface area contributed by atoms with Gasteiger partial charge in [-0.15, -0.1) is 0 Å². The average molecular weight is 723 g/mol. The second-order valence-corrected chi connectivity index (χ2v) is 18.4. The molecular weight excluding hydrogens is 661 g/mol. The molecule has 274 valence electrons. The number of hydrogen-bond acceptors (Lipinski definition) is 8. The molecule has 4 aliphatic rings. The minimum absolute atomic E-state index is 0.260. The van der Waals surface area contributed by atoms with Crippen LogP contribution in [0.4, 0.5) is 0 Å². The van der Waals surface area contributed by atoms with Crippen molar-refractivity contribution in [2.45, 2.75) is 85.3 Å². The Morgan fingerprint density at radius 1 is 0.480 bits per heavy atom. The van der Waals surface area contributed by atoms with Crippen molar-refractivity contribution in [3.63, 3.8) is 0 Å². The van der Waals surface area contributed by atoms with Crippen LogP contribution in [0, 0.1) is 0 Å². The Kier molecular flexibility index (Phi) is 12.5. The number of quaternary nitrogens is 2. The largest absolute Gasteiger partial charge is 0.347 e. The second-order valence-electron chi connectivity index (χ2n) is 16.2. The maximum absolute atomic E-state index is 15.0. The summed E-state index contributed by atoms with van der Waals surface area (Å²) in [5.41, 5.74) is 1.65. The molecule has 0 unspecified atom stereocenters. The van der Waals surface area contributed by atoms with Crippen LogP contribution in [0.1, 0.15) is 72.1 Å². The smallest absolute Gasteiger partial charge is 0.306 e. The predicted octanol–water partition coefficient (Wildman–Crippen LogP) is 6.04. The number of likely N-dealkylation sites (tertiary alicyclic amines) is 4. The molecule has 2 aromatic carbocycles. The zero-order chi connectivity index (χ0) is 35.5. The zero-order valence-electron chi connectivity index (χ0n) is 31.6. The maximum atomic E-state index is 15.0. The molecule has 0 N–H and O–H groups in total. The van der Waals surface area contributed by atoms with Gasteiger partial charge in [-0.3, -0.25) is 8.97 Å². The molecule has 0 spiro atoms. The maximum Gasteiger partial charge on any atom is 0.347 e. The van der Waals surface area contributed by atoms with E-state index in [-0.39, 0.29) is 11.8 Å². The van der Waals surface area contributed by atoms with Crippen molar-refractivity contribution in [2.75, 3.05) is 94.6 Å². The SMILES string of the molecule is CN1CCC([N+](C)(C(=O)c2ccccc2SSc2ccccc2C(=O)[N+](C)(C2CCN(C)CC2)C2CCN(C)CC2)C2CCN(C)CC2)CC1. The van der Waals surface area contributed by atoms with Gasteiger partial charge in [-0.05, 0) is 52.5 Å². The fraction of sp³-hybridized carbons (Fsp3) is 0.650. The number of carbonyl (C=O) groups excluding carboxylic acids is 2. The van der Waals surface area contributed by atoms with Crippen molar-refractivity contribution in [2.24, 2.45) is 0 Å². The topological polar surface area (TPSA) is 47.1 Å². The monoisotopic (exact) mass is 722 g/mol. The highest BCUT2D eigenvalue weighted by molar-refractivity contribution is 8.76. The van der Waals surface area contributed by atoms with Crippen molar-refractivity contribution in [1.29, 1.82) is 0 Å². The highest BCUT2D eigenvalue weighted by atomic mass is 33.1. The molecule has 0 atom stereocenters. The number of carbonyl (C=O) groups is 2. The highest BCUT2D eigenvalue weighted by Crippen LogP contribution is 2.44. The minimum atomic E-state index is 0.260. The van der Waals surface area contributed by atoms with Crippen molar-refractivity contribution in [3.05, 3.63) is 59.7 Å². The summed E-state index contributed by atoms with van der Waals surface area (Å²) in [6.45, 7) is 8.35. The van der Waals surface area contributed by atoms with Crippen LogP contribution < -0.4 is 0 Å². The molecule has 2 amide bonds. The summed E-state index contributed by atoms with van der Waals surface area (Å²) in [6, 6.07) is 17.8. The number of hydrogen-bond donors (Lipinski definition) is 0. The van der Waals surface area contributed by atoms with Crippen LogP contribution in [0.2, 0.25) is 0 Å². The van der Waals surface area contributed by atoms with Gasteiger partial charge in [0.2, 0.25) is 0 Å². The predicted molar refractivity (Wildman–Crippen MR) is 208 cm³/mol. The van der Waals surface area contributed by atoms with Crippen LogP contribution in [-0.2, 0) is 0 Å². The number of benzene rings is 2. The van der Waals surface area contributed by atoms with E-state index in [0.717, 1.165) is 125 Å². The van der Waals surface area contributed by atoms with Crippen LogP contribution in [0.5, 0.6) is 0 Å². The molecule has 4 saturated heterocycles. The highest BCUT2D eigenvalue weighted by Gasteiger charge is 2.50. The van der Waals surface area contributed by atoms with Crippen molar-refractivity contribution in [1.82, 2.24) is 19.6 Å². The molecule has 4 heterocycles. The lowest BCUT2D eigenvalue weighted by atomic mass is 9.92. The molecule has 0 radical (unpaired) electrons.